The lowest BCUT2D eigenvalue weighted by atomic mass is 9.92. The highest BCUT2D eigenvalue weighted by molar-refractivity contribution is 6.43. The van der Waals surface area contributed by atoms with E-state index in [4.69, 9.17) is 23.2 Å². The van der Waals surface area contributed by atoms with Crippen LogP contribution in [0.3, 0.4) is 0 Å². The van der Waals surface area contributed by atoms with E-state index in [1.165, 1.54) is 22.9 Å². The number of nitrogens with one attached hydrogen (secondary N) is 1. The molecule has 190 valence electrons. The monoisotopic (exact) mass is 527 g/mol. The Morgan fingerprint density at radius 2 is 1.58 bits per heavy atom. The zero-order valence-electron chi connectivity index (χ0n) is 21.0. The lowest BCUT2D eigenvalue weighted by Crippen LogP contribution is -2.18. The Balaban J connectivity index is 1.83. The summed E-state index contributed by atoms with van der Waals surface area (Å²) in [6.07, 6.45) is 13.4. The normalized spacial score (nSPS) is 15.1. The van der Waals surface area contributed by atoms with Gasteiger partial charge in [0.15, 0.2) is 11.5 Å². The van der Waals surface area contributed by atoms with E-state index in [0.29, 0.717) is 28.4 Å². The third-order valence-corrected chi connectivity index (χ3v) is 6.84. The Hall–Kier alpha value is -3.02. The van der Waals surface area contributed by atoms with Crippen molar-refractivity contribution in [3.05, 3.63) is 86.0 Å². The Morgan fingerprint density at radius 3 is 2.25 bits per heavy atom. The third-order valence-electron chi connectivity index (χ3n) is 6.21. The van der Waals surface area contributed by atoms with Gasteiger partial charge in [-0.15, -0.1) is 0 Å². The molecule has 1 aliphatic carbocycles. The van der Waals surface area contributed by atoms with E-state index < -0.39 is 23.1 Å². The maximum Gasteiger partial charge on any atom is 0.231 e. The highest BCUT2D eigenvalue weighted by atomic mass is 35.5. The highest BCUT2D eigenvalue weighted by Crippen LogP contribution is 2.39. The number of fused-ring (bicyclic) bond motifs is 1. The third kappa shape index (κ3) is 6.21. The molecule has 36 heavy (non-hydrogen) atoms. The van der Waals surface area contributed by atoms with Crippen LogP contribution in [-0.4, -0.2) is 26.8 Å². The Bertz CT molecular complexity index is 1370. The number of hydrogen-bond acceptors (Lipinski definition) is 4. The second kappa shape index (κ2) is 11.8. The first kappa shape index (κ1) is 27.6. The molecule has 0 fully saturated rings. The van der Waals surface area contributed by atoms with Crippen molar-refractivity contribution in [1.29, 1.82) is 0 Å². The molecule has 7 heteroatoms. The molecule has 0 atom stereocenters. The number of benzene rings is 1. The first-order valence-corrected chi connectivity index (χ1v) is 12.6. The van der Waals surface area contributed by atoms with Gasteiger partial charge in [0.1, 0.15) is 0 Å². The van der Waals surface area contributed by atoms with Gasteiger partial charge in [-0.05, 0) is 71.4 Å². The summed E-state index contributed by atoms with van der Waals surface area (Å²) in [4.78, 5) is 27.7. The van der Waals surface area contributed by atoms with Crippen LogP contribution in [0.1, 0.15) is 64.5 Å². The Kier molecular flexibility index (Phi) is 9.04. The van der Waals surface area contributed by atoms with Gasteiger partial charge in [0, 0.05) is 28.2 Å². The fourth-order valence-electron chi connectivity index (χ4n) is 4.18. The van der Waals surface area contributed by atoms with Crippen molar-refractivity contribution in [2.75, 3.05) is 0 Å². The van der Waals surface area contributed by atoms with Gasteiger partial charge in [0.05, 0.1) is 16.1 Å². The average molecular weight is 528 g/mol. The number of carbonyl (C=O) groups excluding carboxylic acids is 2. The van der Waals surface area contributed by atoms with Crippen molar-refractivity contribution >= 4 is 51.2 Å². The van der Waals surface area contributed by atoms with E-state index in [9.17, 15) is 19.8 Å². The first-order chi connectivity index (χ1) is 17.0. The van der Waals surface area contributed by atoms with E-state index >= 15 is 0 Å². The van der Waals surface area contributed by atoms with Gasteiger partial charge < -0.3 is 15.2 Å². The van der Waals surface area contributed by atoms with Crippen LogP contribution in [0.5, 0.6) is 0 Å². The van der Waals surface area contributed by atoms with E-state index in [0.717, 1.165) is 31.2 Å². The highest BCUT2D eigenvalue weighted by Gasteiger charge is 2.32. The smallest absolute Gasteiger partial charge is 0.231 e. The molecule has 0 unspecified atom stereocenters. The van der Waals surface area contributed by atoms with Crippen LogP contribution >= 0.6 is 23.2 Å². The molecule has 0 aliphatic heterocycles. The van der Waals surface area contributed by atoms with Gasteiger partial charge >= 0.3 is 0 Å². The van der Waals surface area contributed by atoms with Gasteiger partial charge in [-0.25, -0.2) is 0 Å². The molecule has 1 aliphatic rings. The molecule has 1 heterocycles. The van der Waals surface area contributed by atoms with Crippen LogP contribution < -0.4 is 0 Å². The number of halogens is 2. The number of aromatic nitrogens is 1. The quantitative estimate of drug-likeness (QED) is 0.226. The molecule has 1 aromatic heterocycles. The lowest BCUT2D eigenvalue weighted by Gasteiger charge is -2.13. The predicted octanol–water partition coefficient (Wildman–Crippen LogP) is 8.30. The van der Waals surface area contributed by atoms with Crippen LogP contribution in [0, 0.1) is 0 Å². The molecule has 0 amide bonds. The molecule has 3 N–H and O–H groups in total. The van der Waals surface area contributed by atoms with Crippen molar-refractivity contribution in [2.45, 2.75) is 59.8 Å². The number of carbonyl (C=O) groups is 2. The van der Waals surface area contributed by atoms with Crippen LogP contribution in [0.4, 0.5) is 0 Å². The molecule has 0 saturated heterocycles. The topological polar surface area (TPSA) is 90.4 Å². The molecule has 2 aromatic rings. The summed E-state index contributed by atoms with van der Waals surface area (Å²) in [5.41, 5.74) is 5.28. The number of hydrogen-bond donors (Lipinski definition) is 3. The molecular weight excluding hydrogens is 497 g/mol. The van der Waals surface area contributed by atoms with Crippen molar-refractivity contribution < 1.29 is 19.8 Å². The number of aliphatic hydroxyl groups excluding tert-OH is 2. The van der Waals surface area contributed by atoms with E-state index in [1.54, 1.807) is 6.07 Å². The Morgan fingerprint density at radius 1 is 0.944 bits per heavy atom. The van der Waals surface area contributed by atoms with Crippen LogP contribution in [0.15, 0.2) is 64.8 Å². The Labute approximate surface area is 221 Å². The fraction of sp³-hybridized carbons (Fsp3) is 0.310. The molecule has 0 saturated carbocycles. The van der Waals surface area contributed by atoms with Crippen LogP contribution in [0.2, 0.25) is 10.0 Å². The van der Waals surface area contributed by atoms with E-state index in [-0.39, 0.29) is 16.2 Å². The molecular formula is C29H31Cl2NO4. The van der Waals surface area contributed by atoms with Crippen LogP contribution in [0.25, 0.3) is 16.5 Å². The molecule has 0 radical (unpaired) electrons. The van der Waals surface area contributed by atoms with Crippen molar-refractivity contribution in [2.24, 2.45) is 0 Å². The number of aliphatic hydroxyl groups is 2. The van der Waals surface area contributed by atoms with Gasteiger partial charge in [-0.1, -0.05) is 58.1 Å². The minimum Gasteiger partial charge on any atom is -0.504 e. The second-order valence-corrected chi connectivity index (χ2v) is 10.2. The van der Waals surface area contributed by atoms with Crippen molar-refractivity contribution in [3.63, 3.8) is 0 Å². The van der Waals surface area contributed by atoms with Crippen molar-refractivity contribution in [3.8, 4) is 0 Å². The minimum absolute atomic E-state index is 0.234. The number of allylic oxidation sites excluding steroid dienone is 8. The summed E-state index contributed by atoms with van der Waals surface area (Å²) in [5.74, 6) is -3.15. The number of H-pyrrole nitrogens is 1. The molecule has 5 nitrogen and oxygen atoms in total. The second-order valence-electron chi connectivity index (χ2n) is 9.38. The molecule has 0 spiro atoms. The molecule has 3 rings (SSSR count). The average Bonchev–Trinajstić information content (AvgIpc) is 3.22. The van der Waals surface area contributed by atoms with E-state index in [1.807, 2.05) is 0 Å². The minimum atomic E-state index is -0.847. The summed E-state index contributed by atoms with van der Waals surface area (Å²) in [5, 5.41) is 21.3. The first-order valence-electron chi connectivity index (χ1n) is 11.9. The largest absolute Gasteiger partial charge is 0.504 e. The summed E-state index contributed by atoms with van der Waals surface area (Å²) >= 11 is 13.0. The number of aromatic amines is 1. The van der Waals surface area contributed by atoms with Crippen molar-refractivity contribution in [1.82, 2.24) is 4.98 Å². The number of rotatable bonds is 9. The van der Waals surface area contributed by atoms with Crippen LogP contribution in [-0.2, 0) is 16.0 Å². The number of ketones is 2. The number of Topliss-reactive ketones (excluding diaryl/α,β-unsaturated/α-hetero) is 1. The maximum atomic E-state index is 12.5. The lowest BCUT2D eigenvalue weighted by molar-refractivity contribution is -0.117. The molecule has 0 bridgehead atoms. The summed E-state index contributed by atoms with van der Waals surface area (Å²) in [7, 11) is 0. The zero-order valence-corrected chi connectivity index (χ0v) is 22.5. The standard InChI is InChI=1S/C29H31Cl2NO4/c1-16(2)7-5-8-17(3)9-6-10-18(4)11-12-19-21(30)13-22(31)25-20(15-32-27(19)25)26-28(35)23(33)14-24(34)29(26)36/h7,9,11,13-15,32-33,36H,5-6,8,10,12H2,1-4H3/b17-9+,18-11+. The SMILES string of the molecule is CC(C)=CCC/C(C)=C/CC/C(C)=C/Cc1c(Cl)cc(Cl)c2c(C3=C(O)C(=O)C=C(O)C3=O)c[nH]c12. The maximum absolute atomic E-state index is 12.5. The summed E-state index contributed by atoms with van der Waals surface area (Å²) in [6, 6.07) is 1.59. The fourth-order valence-corrected chi connectivity index (χ4v) is 4.82. The zero-order chi connectivity index (χ0) is 26.6. The van der Waals surface area contributed by atoms with E-state index in [2.05, 4.69) is 50.9 Å². The van der Waals surface area contributed by atoms with Gasteiger partial charge in [0.2, 0.25) is 11.6 Å². The van der Waals surface area contributed by atoms with Gasteiger partial charge in [-0.3, -0.25) is 9.59 Å². The summed E-state index contributed by atoms with van der Waals surface area (Å²) in [6.45, 7) is 8.47. The predicted molar refractivity (Wildman–Crippen MR) is 148 cm³/mol. The summed E-state index contributed by atoms with van der Waals surface area (Å²) < 4.78 is 0. The molecule has 1 aromatic carbocycles. The van der Waals surface area contributed by atoms with Gasteiger partial charge in [0.25, 0.3) is 0 Å². The van der Waals surface area contributed by atoms with Gasteiger partial charge in [-0.2, -0.15) is 0 Å².